The molecule has 0 saturated carbocycles. The first-order chi connectivity index (χ1) is 7.66. The summed E-state index contributed by atoms with van der Waals surface area (Å²) in [6.07, 6.45) is 2.22. The van der Waals surface area contributed by atoms with Crippen molar-refractivity contribution < 1.29 is 18.3 Å². The summed E-state index contributed by atoms with van der Waals surface area (Å²) in [6.45, 7) is 0.585. The van der Waals surface area contributed by atoms with Crippen LogP contribution in [0.2, 0.25) is 0 Å². The summed E-state index contributed by atoms with van der Waals surface area (Å²) < 4.78 is 38.5. The minimum atomic E-state index is -1.46. The van der Waals surface area contributed by atoms with Gasteiger partial charge in [-0.1, -0.05) is 0 Å². The van der Waals surface area contributed by atoms with E-state index in [1.807, 2.05) is 0 Å². The summed E-state index contributed by atoms with van der Waals surface area (Å²) in [5.41, 5.74) is -0.0390. The van der Waals surface area contributed by atoms with Gasteiger partial charge in [0.25, 0.3) is 0 Å². The first kappa shape index (κ1) is 12.8. The average Bonchev–Trinajstić information content (AvgIpc) is 2.28. The number of hydrogen-bond donors (Lipinski definition) is 2. The molecule has 0 aliphatic rings. The van der Waals surface area contributed by atoms with E-state index in [4.69, 9.17) is 5.11 Å². The molecule has 5 heteroatoms. The van der Waals surface area contributed by atoms with Crippen LogP contribution < -0.4 is 5.32 Å². The van der Waals surface area contributed by atoms with E-state index in [2.05, 4.69) is 5.32 Å². The number of hydrogen-bond acceptors (Lipinski definition) is 2. The van der Waals surface area contributed by atoms with Gasteiger partial charge in [0.1, 0.15) is 0 Å². The Labute approximate surface area is 92.1 Å². The number of rotatable bonds is 6. The standard InChI is InChI=1S/C11H14F3NO/c12-8-4-5-9(11(14)10(8)13)15-6-2-1-3-7-16/h4-5,15-16H,1-3,6-7H2. The number of aliphatic hydroxyl groups excluding tert-OH is 1. The number of halogens is 3. The van der Waals surface area contributed by atoms with Crippen molar-refractivity contribution in [3.05, 3.63) is 29.6 Å². The zero-order valence-electron chi connectivity index (χ0n) is 8.77. The van der Waals surface area contributed by atoms with Crippen molar-refractivity contribution in [3.8, 4) is 0 Å². The van der Waals surface area contributed by atoms with E-state index >= 15 is 0 Å². The third-order valence-electron chi connectivity index (χ3n) is 2.19. The van der Waals surface area contributed by atoms with E-state index in [1.165, 1.54) is 6.07 Å². The summed E-state index contributed by atoms with van der Waals surface area (Å²) in [5.74, 6) is -3.84. The molecule has 0 amide bonds. The summed E-state index contributed by atoms with van der Waals surface area (Å²) in [5, 5.41) is 11.2. The molecule has 2 nitrogen and oxygen atoms in total. The van der Waals surface area contributed by atoms with Crippen LogP contribution in [0.15, 0.2) is 12.1 Å². The van der Waals surface area contributed by atoms with E-state index < -0.39 is 17.5 Å². The molecular weight excluding hydrogens is 219 g/mol. The van der Waals surface area contributed by atoms with Crippen LogP contribution in [0.25, 0.3) is 0 Å². The van der Waals surface area contributed by atoms with Gasteiger partial charge in [-0.25, -0.2) is 13.2 Å². The Balaban J connectivity index is 2.45. The Morgan fingerprint density at radius 1 is 1.00 bits per heavy atom. The molecule has 1 rings (SSSR count). The fourth-order valence-electron chi connectivity index (χ4n) is 1.30. The van der Waals surface area contributed by atoms with Crippen LogP contribution in [-0.2, 0) is 0 Å². The Bertz CT molecular complexity index is 344. The van der Waals surface area contributed by atoms with Gasteiger partial charge >= 0.3 is 0 Å². The topological polar surface area (TPSA) is 32.3 Å². The molecule has 0 atom stereocenters. The summed E-state index contributed by atoms with van der Waals surface area (Å²) in [4.78, 5) is 0. The Morgan fingerprint density at radius 3 is 2.44 bits per heavy atom. The van der Waals surface area contributed by atoms with Gasteiger partial charge in [0, 0.05) is 13.2 Å². The number of nitrogens with one attached hydrogen (secondary N) is 1. The predicted octanol–water partition coefficient (Wildman–Crippen LogP) is 2.68. The second kappa shape index (κ2) is 6.37. The molecule has 0 aromatic heterocycles. The quantitative estimate of drug-likeness (QED) is 0.585. The number of anilines is 1. The molecule has 0 spiro atoms. The SMILES string of the molecule is OCCCCCNc1ccc(F)c(F)c1F. The van der Waals surface area contributed by atoms with Crippen LogP contribution in [0.3, 0.4) is 0 Å². The van der Waals surface area contributed by atoms with E-state index in [9.17, 15) is 13.2 Å². The van der Waals surface area contributed by atoms with E-state index in [0.29, 0.717) is 13.0 Å². The minimum absolute atomic E-state index is 0.0390. The zero-order chi connectivity index (χ0) is 12.0. The molecule has 0 radical (unpaired) electrons. The first-order valence-corrected chi connectivity index (χ1v) is 5.15. The van der Waals surface area contributed by atoms with Crippen LogP contribution in [-0.4, -0.2) is 18.3 Å². The molecule has 0 fully saturated rings. The molecule has 1 aromatic carbocycles. The third kappa shape index (κ3) is 3.41. The van der Waals surface area contributed by atoms with Crippen molar-refractivity contribution in [1.29, 1.82) is 0 Å². The second-order valence-electron chi connectivity index (χ2n) is 3.43. The van der Waals surface area contributed by atoms with Gasteiger partial charge in [-0.3, -0.25) is 0 Å². The van der Waals surface area contributed by atoms with Gasteiger partial charge in [0.2, 0.25) is 0 Å². The number of aliphatic hydroxyl groups is 1. The molecular formula is C11H14F3NO. The largest absolute Gasteiger partial charge is 0.396 e. The summed E-state index contributed by atoms with van der Waals surface area (Å²) in [7, 11) is 0. The van der Waals surface area contributed by atoms with Gasteiger partial charge < -0.3 is 10.4 Å². The molecule has 0 saturated heterocycles. The number of unbranched alkanes of at least 4 members (excludes halogenated alkanes) is 2. The first-order valence-electron chi connectivity index (χ1n) is 5.15. The Kier molecular flexibility index (Phi) is 5.11. The maximum Gasteiger partial charge on any atom is 0.196 e. The Hall–Kier alpha value is -1.23. The molecule has 0 bridgehead atoms. The molecule has 2 N–H and O–H groups in total. The van der Waals surface area contributed by atoms with Gasteiger partial charge in [-0.15, -0.1) is 0 Å². The molecule has 0 heterocycles. The molecule has 0 aliphatic carbocycles. The van der Waals surface area contributed by atoms with Crippen molar-refractivity contribution in [3.63, 3.8) is 0 Å². The zero-order valence-corrected chi connectivity index (χ0v) is 8.77. The van der Waals surface area contributed by atoms with E-state index in [-0.39, 0.29) is 12.3 Å². The Morgan fingerprint density at radius 2 is 1.75 bits per heavy atom. The second-order valence-corrected chi connectivity index (χ2v) is 3.43. The van der Waals surface area contributed by atoms with E-state index in [0.717, 1.165) is 18.9 Å². The lowest BCUT2D eigenvalue weighted by Gasteiger charge is -2.07. The lowest BCUT2D eigenvalue weighted by atomic mass is 10.2. The van der Waals surface area contributed by atoms with Gasteiger partial charge in [-0.2, -0.15) is 0 Å². The summed E-state index contributed by atoms with van der Waals surface area (Å²) in [6, 6.07) is 2.05. The monoisotopic (exact) mass is 233 g/mol. The fourth-order valence-corrected chi connectivity index (χ4v) is 1.30. The van der Waals surface area contributed by atoms with Crippen molar-refractivity contribution in [2.75, 3.05) is 18.5 Å². The highest BCUT2D eigenvalue weighted by Crippen LogP contribution is 2.19. The van der Waals surface area contributed by atoms with Crippen molar-refractivity contribution >= 4 is 5.69 Å². The van der Waals surface area contributed by atoms with E-state index in [1.54, 1.807) is 0 Å². The highest BCUT2D eigenvalue weighted by atomic mass is 19.2. The highest BCUT2D eigenvalue weighted by molar-refractivity contribution is 5.45. The number of benzene rings is 1. The van der Waals surface area contributed by atoms with Gasteiger partial charge in [0.15, 0.2) is 17.5 Å². The molecule has 90 valence electrons. The fraction of sp³-hybridized carbons (Fsp3) is 0.455. The smallest absolute Gasteiger partial charge is 0.196 e. The lowest BCUT2D eigenvalue weighted by molar-refractivity contribution is 0.283. The maximum absolute atomic E-state index is 13.1. The lowest BCUT2D eigenvalue weighted by Crippen LogP contribution is -2.05. The molecule has 0 unspecified atom stereocenters. The van der Waals surface area contributed by atoms with Gasteiger partial charge in [-0.05, 0) is 31.4 Å². The van der Waals surface area contributed by atoms with Crippen LogP contribution in [0, 0.1) is 17.5 Å². The highest BCUT2D eigenvalue weighted by Gasteiger charge is 2.12. The van der Waals surface area contributed by atoms with Crippen molar-refractivity contribution in [2.45, 2.75) is 19.3 Å². The van der Waals surface area contributed by atoms with Crippen LogP contribution >= 0.6 is 0 Å². The third-order valence-corrected chi connectivity index (χ3v) is 2.19. The van der Waals surface area contributed by atoms with Crippen molar-refractivity contribution in [1.82, 2.24) is 0 Å². The minimum Gasteiger partial charge on any atom is -0.396 e. The maximum atomic E-state index is 13.1. The van der Waals surface area contributed by atoms with Crippen molar-refractivity contribution in [2.24, 2.45) is 0 Å². The molecule has 1 aromatic rings. The van der Waals surface area contributed by atoms with Crippen LogP contribution in [0.1, 0.15) is 19.3 Å². The summed E-state index contributed by atoms with van der Waals surface area (Å²) >= 11 is 0. The van der Waals surface area contributed by atoms with Gasteiger partial charge in [0.05, 0.1) is 5.69 Å². The van der Waals surface area contributed by atoms with Crippen LogP contribution in [0.5, 0.6) is 0 Å². The molecule has 0 aliphatic heterocycles. The molecule has 16 heavy (non-hydrogen) atoms. The normalized spacial score (nSPS) is 10.5. The predicted molar refractivity (Wildman–Crippen MR) is 55.7 cm³/mol. The average molecular weight is 233 g/mol. The van der Waals surface area contributed by atoms with Crippen LogP contribution in [0.4, 0.5) is 18.9 Å².